The number of aliphatic imine (C=N–C) groups is 1. The number of hydrogen-bond acceptors (Lipinski definition) is 6. The van der Waals surface area contributed by atoms with Gasteiger partial charge in [0.2, 0.25) is 0 Å². The van der Waals surface area contributed by atoms with Crippen LogP contribution in [-0.4, -0.2) is 35.4 Å². The van der Waals surface area contributed by atoms with E-state index in [-0.39, 0.29) is 17.1 Å². The van der Waals surface area contributed by atoms with Crippen LogP contribution in [0.2, 0.25) is 0 Å². The zero-order chi connectivity index (χ0) is 21.2. The first-order chi connectivity index (χ1) is 13.6. The number of guanidine groups is 1. The zero-order valence-electron chi connectivity index (χ0n) is 18.3. The lowest BCUT2D eigenvalue weighted by molar-refractivity contribution is -0.148. The number of allylic oxidation sites excluding steroid dienone is 2. The van der Waals surface area contributed by atoms with Crippen LogP contribution >= 0.6 is 11.8 Å². The molecule has 0 aromatic rings. The van der Waals surface area contributed by atoms with Crippen LogP contribution in [0.5, 0.6) is 0 Å². The predicted octanol–water partition coefficient (Wildman–Crippen LogP) is 4.31. The minimum Gasteiger partial charge on any atom is -0.456 e. The quantitative estimate of drug-likeness (QED) is 0.518. The van der Waals surface area contributed by atoms with Crippen LogP contribution in [0.3, 0.4) is 0 Å². The van der Waals surface area contributed by atoms with Gasteiger partial charge >= 0.3 is 5.97 Å². The monoisotopic (exact) mass is 415 g/mol. The highest BCUT2D eigenvalue weighted by Crippen LogP contribution is 2.45. The van der Waals surface area contributed by atoms with Crippen molar-refractivity contribution in [3.63, 3.8) is 0 Å². The molecule has 0 saturated carbocycles. The third kappa shape index (κ3) is 5.78. The molecule has 158 valence electrons. The van der Waals surface area contributed by atoms with Crippen molar-refractivity contribution in [3.8, 4) is 0 Å². The molecule has 0 spiro atoms. The van der Waals surface area contributed by atoms with Gasteiger partial charge in [-0.3, -0.25) is 0 Å². The molecule has 0 aromatic heterocycles. The number of carbonyl (C=O) groups excluding carboxylic acids is 1. The molecule has 3 rings (SSSR count). The number of rotatable bonds is 5. The largest absolute Gasteiger partial charge is 0.456 e. The van der Waals surface area contributed by atoms with Crippen molar-refractivity contribution in [1.29, 1.82) is 0 Å². The molecule has 6 heteroatoms. The number of hydrogen-bond donors (Lipinski definition) is 2. The molecule has 3 aliphatic rings. The summed E-state index contributed by atoms with van der Waals surface area (Å²) in [5.41, 5.74) is 1.75. The van der Waals surface area contributed by atoms with Crippen molar-refractivity contribution in [2.75, 3.05) is 6.54 Å². The third-order valence-corrected chi connectivity index (χ3v) is 6.03. The Hall–Kier alpha value is -1.95. The van der Waals surface area contributed by atoms with Crippen LogP contribution in [0.1, 0.15) is 48.0 Å². The number of esters is 1. The summed E-state index contributed by atoms with van der Waals surface area (Å²) < 4.78 is 5.56. The van der Waals surface area contributed by atoms with Gasteiger partial charge in [-0.1, -0.05) is 44.2 Å². The topological polar surface area (TPSA) is 62.7 Å². The summed E-state index contributed by atoms with van der Waals surface area (Å²) >= 11 is 1.57. The molecular formula is C23H33N3O2S. The Bertz CT molecular complexity index is 799. The smallest absolute Gasteiger partial charge is 0.344 e. The summed E-state index contributed by atoms with van der Waals surface area (Å²) in [5.74, 6) is 1.25. The molecule has 2 N–H and O–H groups in total. The first-order valence-corrected chi connectivity index (χ1v) is 11.3. The van der Waals surface area contributed by atoms with Crippen LogP contribution in [0.4, 0.5) is 0 Å². The molecule has 2 heterocycles. The minimum absolute atomic E-state index is 0.109. The maximum absolute atomic E-state index is 12.5. The van der Waals surface area contributed by atoms with Gasteiger partial charge in [0.1, 0.15) is 5.60 Å². The lowest BCUT2D eigenvalue weighted by Crippen LogP contribution is -2.45. The van der Waals surface area contributed by atoms with Crippen LogP contribution in [0.15, 0.2) is 51.5 Å². The van der Waals surface area contributed by atoms with Crippen molar-refractivity contribution in [1.82, 2.24) is 10.6 Å². The Morgan fingerprint density at radius 2 is 2.17 bits per heavy atom. The van der Waals surface area contributed by atoms with Gasteiger partial charge < -0.3 is 15.4 Å². The van der Waals surface area contributed by atoms with E-state index in [4.69, 9.17) is 9.73 Å². The summed E-state index contributed by atoms with van der Waals surface area (Å²) in [6, 6.07) is 0.291. The minimum atomic E-state index is -0.489. The van der Waals surface area contributed by atoms with Gasteiger partial charge in [-0.05, 0) is 45.6 Å². The number of ether oxygens (including phenoxy) is 1. The lowest BCUT2D eigenvalue weighted by Gasteiger charge is -2.29. The van der Waals surface area contributed by atoms with Gasteiger partial charge in [-0.25, -0.2) is 9.79 Å². The van der Waals surface area contributed by atoms with Gasteiger partial charge in [0, 0.05) is 23.8 Å². The fourth-order valence-corrected chi connectivity index (χ4v) is 4.60. The molecule has 29 heavy (non-hydrogen) atoms. The average Bonchev–Trinajstić information content (AvgIpc) is 3.05. The molecule has 0 aromatic carbocycles. The van der Waals surface area contributed by atoms with E-state index in [0.29, 0.717) is 16.9 Å². The number of fused-ring (bicyclic) bond motifs is 2. The standard InChI is InChI=1S/C23H33N3O2S/c1-14(2)8-7-9-15(3)25-22-24-13-16-10-11-18-17(20(16)26-22)12-19(29-18)21(27)28-23(4,5)6/h7-8,10-12,14-15,17-18H,9,13H2,1-6H3,(H2,24,25,26)/b8-7-. The summed E-state index contributed by atoms with van der Waals surface area (Å²) in [6.07, 6.45) is 11.7. The third-order valence-electron chi connectivity index (χ3n) is 4.75. The number of nitrogens with one attached hydrogen (secondary N) is 2. The molecule has 0 fully saturated rings. The average molecular weight is 416 g/mol. The Labute approximate surface area is 178 Å². The van der Waals surface area contributed by atoms with Crippen molar-refractivity contribution in [2.24, 2.45) is 16.8 Å². The Morgan fingerprint density at radius 1 is 1.41 bits per heavy atom. The van der Waals surface area contributed by atoms with Crippen molar-refractivity contribution < 1.29 is 9.53 Å². The van der Waals surface area contributed by atoms with E-state index in [1.54, 1.807) is 11.8 Å². The molecule has 2 aliphatic heterocycles. The predicted molar refractivity (Wildman–Crippen MR) is 122 cm³/mol. The molecule has 1 aliphatic carbocycles. The van der Waals surface area contributed by atoms with Crippen LogP contribution < -0.4 is 10.6 Å². The molecule has 0 saturated heterocycles. The maximum Gasteiger partial charge on any atom is 0.344 e. The fourth-order valence-electron chi connectivity index (χ4n) is 3.43. The molecular weight excluding hydrogens is 382 g/mol. The maximum atomic E-state index is 12.5. The summed E-state index contributed by atoms with van der Waals surface area (Å²) in [6.45, 7) is 13.0. The zero-order valence-corrected chi connectivity index (χ0v) is 19.1. The first kappa shape index (κ1) is 21.8. The summed E-state index contributed by atoms with van der Waals surface area (Å²) in [4.78, 5) is 18.1. The second-order valence-electron chi connectivity index (χ2n) is 9.18. The van der Waals surface area contributed by atoms with Gasteiger partial charge in [0.25, 0.3) is 0 Å². The summed E-state index contributed by atoms with van der Waals surface area (Å²) in [7, 11) is 0. The van der Waals surface area contributed by atoms with Gasteiger partial charge in [-0.15, -0.1) is 11.8 Å². The Morgan fingerprint density at radius 3 is 2.86 bits per heavy atom. The normalized spacial score (nSPS) is 24.7. The van der Waals surface area contributed by atoms with E-state index in [1.807, 2.05) is 26.8 Å². The lowest BCUT2D eigenvalue weighted by atomic mass is 9.91. The van der Waals surface area contributed by atoms with E-state index in [1.165, 1.54) is 5.57 Å². The molecule has 0 bridgehead atoms. The van der Waals surface area contributed by atoms with E-state index in [0.717, 1.165) is 24.6 Å². The highest BCUT2D eigenvalue weighted by atomic mass is 32.2. The van der Waals surface area contributed by atoms with Crippen LogP contribution in [-0.2, 0) is 9.53 Å². The van der Waals surface area contributed by atoms with E-state index < -0.39 is 5.60 Å². The summed E-state index contributed by atoms with van der Waals surface area (Å²) in [5, 5.41) is 7.06. The SMILES string of the molecule is CC(C)/C=C\CC(C)NC1=NC2=C(C=CC3SC(C(=O)OC(C)(C)C)=CC23)CN1. The molecule has 3 unspecified atom stereocenters. The Kier molecular flexibility index (Phi) is 6.62. The highest BCUT2D eigenvalue weighted by molar-refractivity contribution is 8.05. The first-order valence-electron chi connectivity index (χ1n) is 10.4. The van der Waals surface area contributed by atoms with E-state index in [9.17, 15) is 4.79 Å². The van der Waals surface area contributed by atoms with Crippen LogP contribution in [0.25, 0.3) is 0 Å². The molecule has 0 radical (unpaired) electrons. The number of nitrogens with zero attached hydrogens (tertiary/aromatic N) is 1. The molecule has 0 amide bonds. The second-order valence-corrected chi connectivity index (χ2v) is 10.4. The molecule has 3 atom stereocenters. The van der Waals surface area contributed by atoms with Crippen molar-refractivity contribution in [2.45, 2.75) is 64.9 Å². The number of thioether (sulfide) groups is 1. The fraction of sp³-hybridized carbons (Fsp3) is 0.565. The number of carbonyl (C=O) groups is 1. The van der Waals surface area contributed by atoms with Gasteiger partial charge in [0.05, 0.1) is 10.6 Å². The van der Waals surface area contributed by atoms with Crippen molar-refractivity contribution in [3.05, 3.63) is 46.6 Å². The van der Waals surface area contributed by atoms with E-state index >= 15 is 0 Å². The van der Waals surface area contributed by atoms with Crippen molar-refractivity contribution >= 4 is 23.7 Å². The highest BCUT2D eigenvalue weighted by Gasteiger charge is 2.38. The van der Waals surface area contributed by atoms with Crippen LogP contribution in [0, 0.1) is 11.8 Å². The molecule has 5 nitrogen and oxygen atoms in total. The van der Waals surface area contributed by atoms with Gasteiger partial charge in [-0.2, -0.15) is 0 Å². The van der Waals surface area contributed by atoms with E-state index in [2.05, 4.69) is 55.7 Å². The Balaban J connectivity index is 1.71. The second kappa shape index (κ2) is 8.82. The van der Waals surface area contributed by atoms with Gasteiger partial charge in [0.15, 0.2) is 5.96 Å².